The van der Waals surface area contributed by atoms with Gasteiger partial charge in [0.05, 0.1) is 43.8 Å². The number of hydrogen-bond donors (Lipinski definition) is 0. The first-order valence-corrected chi connectivity index (χ1v) is 43.1. The van der Waals surface area contributed by atoms with Crippen molar-refractivity contribution in [3.8, 4) is 45.0 Å². The van der Waals surface area contributed by atoms with Gasteiger partial charge in [0.15, 0.2) is 47.1 Å². The fraction of sp³-hybridized carbons (Fsp3) is 0.259. The number of aryl methyl sites for hydroxylation is 11. The maximum atomic E-state index is 6.45. The van der Waals surface area contributed by atoms with Gasteiger partial charge in [-0.25, -0.2) is 38.2 Å². The molecule has 0 aliphatic heterocycles. The van der Waals surface area contributed by atoms with Gasteiger partial charge >= 0.3 is 0 Å². The number of benzene rings is 8. The van der Waals surface area contributed by atoms with Crippen LogP contribution >= 0.6 is 0 Å². The lowest BCUT2D eigenvalue weighted by Crippen LogP contribution is -2.31. The van der Waals surface area contributed by atoms with Crippen molar-refractivity contribution in [3.05, 3.63) is 287 Å². The summed E-state index contributed by atoms with van der Waals surface area (Å²) >= 11 is 0. The van der Waals surface area contributed by atoms with Crippen molar-refractivity contribution >= 4 is 131 Å². The number of pyridine rings is 8. The number of aromatic nitrogens is 8. The zero-order valence-electron chi connectivity index (χ0n) is 71.4. The summed E-state index contributed by atoms with van der Waals surface area (Å²) in [4.78, 5) is 18.6. The Morgan fingerprint density at radius 3 is 1.06 bits per heavy atom. The topological polar surface area (TPSA) is 120 Å². The summed E-state index contributed by atoms with van der Waals surface area (Å²) in [5.74, 6) is 2.27. The SMILES string of the molecule is Cc1cc(-c2c(C)cc(C)c3c2oc2ncc4ccccc4c23)[n+](C)cc1C.Cc1ccc2c(oc3ncc4ccccc4c32)c1-c1cc(CC(C)C)cc[n+]1C.Cc1ccc2c(oc3ncc4ccccc4c32)c1-c1cc(CC2CCCC2)cc[n+]1C.Cc1ccc2c(oc3ncc4ccccc4c32)c1-c1cc(CC2CCCCC2)cc[n+]1C. The van der Waals surface area contributed by atoms with Crippen molar-refractivity contribution in [1.82, 2.24) is 19.9 Å². The molecule has 12 heterocycles. The van der Waals surface area contributed by atoms with Gasteiger partial charge < -0.3 is 17.7 Å². The van der Waals surface area contributed by atoms with E-state index in [0.29, 0.717) is 28.8 Å². The molecule has 0 N–H and O–H groups in total. The molecule has 596 valence electrons. The molecule has 2 aliphatic carbocycles. The minimum Gasteiger partial charge on any atom is -0.437 e. The second-order valence-electron chi connectivity index (χ2n) is 34.9. The summed E-state index contributed by atoms with van der Waals surface area (Å²) in [5.41, 5.74) is 28.8. The second kappa shape index (κ2) is 31.8. The molecular weight excluding hydrogens is 1470 g/mol. The van der Waals surface area contributed by atoms with Gasteiger partial charge in [0, 0.05) is 116 Å². The van der Waals surface area contributed by atoms with Gasteiger partial charge in [-0.05, 0) is 157 Å². The predicted molar refractivity (Wildman–Crippen MR) is 490 cm³/mol. The smallest absolute Gasteiger partial charge is 0.227 e. The van der Waals surface area contributed by atoms with Crippen molar-refractivity contribution in [3.63, 3.8) is 0 Å². The average Bonchev–Trinajstić information content (AvgIpc) is 1.60. The van der Waals surface area contributed by atoms with Gasteiger partial charge in [-0.15, -0.1) is 0 Å². The van der Waals surface area contributed by atoms with Gasteiger partial charge in [0.1, 0.15) is 28.2 Å². The highest BCUT2D eigenvalue weighted by atomic mass is 16.4. The lowest BCUT2D eigenvalue weighted by molar-refractivity contribution is -0.660. The molecule has 12 aromatic heterocycles. The van der Waals surface area contributed by atoms with Gasteiger partial charge in [-0.1, -0.05) is 211 Å². The summed E-state index contributed by atoms with van der Waals surface area (Å²) in [5, 5.41) is 18.3. The molecule has 8 aromatic carbocycles. The summed E-state index contributed by atoms with van der Waals surface area (Å²) in [6.45, 7) is 19.7. The van der Waals surface area contributed by atoms with Crippen molar-refractivity contribution in [2.75, 3.05) is 0 Å². The van der Waals surface area contributed by atoms with Crippen LogP contribution in [0.5, 0.6) is 0 Å². The highest BCUT2D eigenvalue weighted by molar-refractivity contribution is 6.23. The third-order valence-electron chi connectivity index (χ3n) is 26.0. The average molecular weight is 1580 g/mol. The minimum atomic E-state index is 0.620. The molecule has 0 amide bonds. The Hall–Kier alpha value is -12.8. The molecule has 12 nitrogen and oxygen atoms in total. The molecule has 0 radical (unpaired) electrons. The molecule has 0 unspecified atom stereocenters. The zero-order valence-corrected chi connectivity index (χ0v) is 71.4. The number of rotatable bonds is 10. The van der Waals surface area contributed by atoms with E-state index in [2.05, 4.69) is 329 Å². The maximum Gasteiger partial charge on any atom is 0.227 e. The highest BCUT2D eigenvalue weighted by Gasteiger charge is 2.30. The molecule has 2 saturated carbocycles. The van der Waals surface area contributed by atoms with Crippen LogP contribution in [0, 0.1) is 66.2 Å². The summed E-state index contributed by atoms with van der Waals surface area (Å²) in [6, 6.07) is 65.2. The molecule has 22 rings (SSSR count). The quantitative estimate of drug-likeness (QED) is 0.124. The number of hydrogen-bond acceptors (Lipinski definition) is 8. The number of furan rings is 4. The Balaban J connectivity index is 0.000000106. The molecule has 2 aliphatic rings. The Bertz CT molecular complexity index is 7450. The van der Waals surface area contributed by atoms with Crippen LogP contribution in [0.4, 0.5) is 0 Å². The van der Waals surface area contributed by atoms with Crippen LogP contribution in [0.2, 0.25) is 0 Å². The first-order chi connectivity index (χ1) is 58.4. The Morgan fingerprint density at radius 1 is 0.308 bits per heavy atom. The van der Waals surface area contributed by atoms with E-state index >= 15 is 0 Å². The van der Waals surface area contributed by atoms with Crippen LogP contribution in [0.15, 0.2) is 249 Å². The van der Waals surface area contributed by atoms with E-state index in [1.54, 1.807) is 0 Å². The third kappa shape index (κ3) is 14.1. The normalized spacial score (nSPS) is 13.5. The molecule has 0 spiro atoms. The van der Waals surface area contributed by atoms with Crippen molar-refractivity contribution in [2.45, 2.75) is 139 Å². The molecule has 0 bridgehead atoms. The Morgan fingerprint density at radius 2 is 0.650 bits per heavy atom. The lowest BCUT2D eigenvalue weighted by atomic mass is 9.85. The van der Waals surface area contributed by atoms with Gasteiger partial charge in [-0.2, -0.15) is 0 Å². The van der Waals surface area contributed by atoms with E-state index < -0.39 is 0 Å². The second-order valence-corrected chi connectivity index (χ2v) is 34.9. The molecule has 0 saturated heterocycles. The van der Waals surface area contributed by atoms with Crippen LogP contribution in [0.25, 0.3) is 176 Å². The largest absolute Gasteiger partial charge is 0.437 e. The van der Waals surface area contributed by atoms with Crippen LogP contribution in [-0.4, -0.2) is 19.9 Å². The first-order valence-electron chi connectivity index (χ1n) is 43.1. The fourth-order valence-corrected chi connectivity index (χ4v) is 19.7. The van der Waals surface area contributed by atoms with E-state index in [1.807, 2.05) is 30.9 Å². The molecule has 2 fully saturated rings. The van der Waals surface area contributed by atoms with Crippen LogP contribution in [0.1, 0.15) is 127 Å². The zero-order chi connectivity index (χ0) is 82.3. The van der Waals surface area contributed by atoms with E-state index in [1.165, 1.54) is 176 Å². The fourth-order valence-electron chi connectivity index (χ4n) is 19.7. The highest BCUT2D eigenvalue weighted by Crippen LogP contribution is 2.46. The van der Waals surface area contributed by atoms with Gasteiger partial charge in [0.2, 0.25) is 45.6 Å². The summed E-state index contributed by atoms with van der Waals surface area (Å²) in [7, 11) is 8.46. The molecule has 120 heavy (non-hydrogen) atoms. The van der Waals surface area contributed by atoms with Crippen LogP contribution in [-0.2, 0) is 47.5 Å². The third-order valence-corrected chi connectivity index (χ3v) is 26.0. The van der Waals surface area contributed by atoms with E-state index in [4.69, 9.17) is 17.7 Å². The van der Waals surface area contributed by atoms with Crippen LogP contribution < -0.4 is 18.3 Å². The lowest BCUT2D eigenvalue weighted by Gasteiger charge is -2.21. The standard InChI is InChI=1S/C29H29N2O.C28H27N2O.C26H25N2O.C25H23N2O/c1-19-12-13-24-27-23-11-7-6-10-22(23)18-30-29(27)32-28(24)26(19)25-17-21(14-15-31(25)2)16-20-8-4-3-5-9-20;1-18-11-12-23-26-22-10-6-5-9-21(22)17-29-28(26)31-27(23)25(18)24-16-20(13-14-30(24)2)15-19-7-3-4-8-19;1-16(2)13-18-11-12-28(4)22(14-18)23-17(3)9-10-21-24-20-8-6-5-7-19(20)15-27-26(24)29-25(21)23;1-14-11-20(27(5)13-17(14)4)21-15(2)10-16(3)22-23-19-9-7-6-8-18(19)12-26-25(23)28-24(21)22/h6-7,10-15,17-18,20H,3-5,8-9,16H2,1-2H3;5-6,9-14,16-17,19H,3-4,7-8,15H2,1-2H3;5-12,14-16H,13H2,1-4H3;6-13H,1-5H3/q4*+1. The predicted octanol–water partition coefficient (Wildman–Crippen LogP) is 25.7. The summed E-state index contributed by atoms with van der Waals surface area (Å²) in [6.07, 6.45) is 32.2. The number of nitrogens with zero attached hydrogens (tertiary/aromatic N) is 8. The maximum absolute atomic E-state index is 6.45. The number of fused-ring (bicyclic) bond motifs is 20. The van der Waals surface area contributed by atoms with Crippen molar-refractivity contribution in [2.24, 2.45) is 45.9 Å². The van der Waals surface area contributed by atoms with E-state index in [-0.39, 0.29) is 0 Å². The molecule has 20 aromatic rings. The monoisotopic (exact) mass is 1580 g/mol. The summed E-state index contributed by atoms with van der Waals surface area (Å²) < 4.78 is 34.5. The van der Waals surface area contributed by atoms with Crippen LogP contribution in [0.3, 0.4) is 0 Å². The van der Waals surface area contributed by atoms with E-state index in [0.717, 1.165) is 122 Å². The first kappa shape index (κ1) is 77.1. The Kier molecular flexibility index (Phi) is 20.5. The minimum absolute atomic E-state index is 0.620. The molecule has 0 atom stereocenters. The van der Waals surface area contributed by atoms with Gasteiger partial charge in [-0.3, -0.25) is 0 Å². The molecule has 12 heteroatoms. The molecular formula is C108H104N8O4+4. The van der Waals surface area contributed by atoms with Crippen molar-refractivity contribution < 1.29 is 35.9 Å². The Labute approximate surface area is 700 Å². The van der Waals surface area contributed by atoms with E-state index in [9.17, 15) is 0 Å². The van der Waals surface area contributed by atoms with Crippen molar-refractivity contribution in [1.29, 1.82) is 0 Å². The van der Waals surface area contributed by atoms with Gasteiger partial charge in [0.25, 0.3) is 0 Å².